The molecule has 1 rings (SSSR count). The lowest BCUT2D eigenvalue weighted by Gasteiger charge is -2.38. The van der Waals surface area contributed by atoms with Gasteiger partial charge in [0.1, 0.15) is 0 Å². The van der Waals surface area contributed by atoms with Crippen LogP contribution in [0.3, 0.4) is 0 Å². The van der Waals surface area contributed by atoms with E-state index in [0.29, 0.717) is 11.4 Å². The molecule has 0 spiro atoms. The van der Waals surface area contributed by atoms with Crippen LogP contribution in [0.2, 0.25) is 0 Å². The molecule has 1 fully saturated rings. The Morgan fingerprint density at radius 2 is 2.25 bits per heavy atom. The Kier molecular flexibility index (Phi) is 5.12. The van der Waals surface area contributed by atoms with E-state index in [1.807, 2.05) is 25.6 Å². The van der Waals surface area contributed by atoms with E-state index in [9.17, 15) is 4.79 Å². The van der Waals surface area contributed by atoms with Crippen LogP contribution in [0.1, 0.15) is 27.7 Å². The molecule has 1 saturated heterocycles. The molecule has 16 heavy (non-hydrogen) atoms. The number of rotatable bonds is 4. The summed E-state index contributed by atoms with van der Waals surface area (Å²) in [7, 11) is 0. The molecule has 0 bridgehead atoms. The molecule has 3 nitrogen and oxygen atoms in total. The SMILES string of the molecule is CCOC(=O)C(C)CN1CCSC(C)(C)C1. The van der Waals surface area contributed by atoms with Gasteiger partial charge in [-0.15, -0.1) is 0 Å². The van der Waals surface area contributed by atoms with E-state index >= 15 is 0 Å². The van der Waals surface area contributed by atoms with Crippen molar-refractivity contribution in [2.24, 2.45) is 5.92 Å². The Labute approximate surface area is 103 Å². The van der Waals surface area contributed by atoms with Gasteiger partial charge in [0.15, 0.2) is 0 Å². The first-order valence-corrected chi connectivity index (χ1v) is 6.96. The molecule has 0 radical (unpaired) electrons. The van der Waals surface area contributed by atoms with Crippen molar-refractivity contribution in [3.05, 3.63) is 0 Å². The third-order valence-corrected chi connectivity index (χ3v) is 4.02. The summed E-state index contributed by atoms with van der Waals surface area (Å²) in [6, 6.07) is 0. The van der Waals surface area contributed by atoms with Crippen molar-refractivity contribution in [2.45, 2.75) is 32.4 Å². The molecule has 0 aliphatic carbocycles. The fourth-order valence-electron chi connectivity index (χ4n) is 2.02. The highest BCUT2D eigenvalue weighted by Gasteiger charge is 2.28. The van der Waals surface area contributed by atoms with Gasteiger partial charge < -0.3 is 9.64 Å². The Bertz CT molecular complexity index is 243. The molecule has 1 heterocycles. The minimum absolute atomic E-state index is 0.0150. The van der Waals surface area contributed by atoms with Crippen molar-refractivity contribution < 1.29 is 9.53 Å². The molecule has 1 unspecified atom stereocenters. The van der Waals surface area contributed by atoms with E-state index in [2.05, 4.69) is 18.7 Å². The Hall–Kier alpha value is -0.220. The largest absolute Gasteiger partial charge is 0.466 e. The van der Waals surface area contributed by atoms with Crippen molar-refractivity contribution in [3.63, 3.8) is 0 Å². The summed E-state index contributed by atoms with van der Waals surface area (Å²) in [6.07, 6.45) is 0. The van der Waals surface area contributed by atoms with E-state index in [1.165, 1.54) is 0 Å². The highest BCUT2D eigenvalue weighted by Crippen LogP contribution is 2.29. The minimum Gasteiger partial charge on any atom is -0.466 e. The number of nitrogens with zero attached hydrogens (tertiary/aromatic N) is 1. The van der Waals surface area contributed by atoms with Crippen LogP contribution in [-0.2, 0) is 9.53 Å². The van der Waals surface area contributed by atoms with Crippen LogP contribution in [0.4, 0.5) is 0 Å². The lowest BCUT2D eigenvalue weighted by atomic mass is 10.1. The van der Waals surface area contributed by atoms with Crippen molar-refractivity contribution in [1.29, 1.82) is 0 Å². The summed E-state index contributed by atoms with van der Waals surface area (Å²) in [5, 5.41) is 0. The van der Waals surface area contributed by atoms with Gasteiger partial charge in [0, 0.05) is 30.1 Å². The van der Waals surface area contributed by atoms with Gasteiger partial charge in [-0.2, -0.15) is 11.8 Å². The minimum atomic E-state index is -0.0708. The second-order valence-electron chi connectivity index (χ2n) is 5.00. The third kappa shape index (κ3) is 4.34. The number of hydrogen-bond donors (Lipinski definition) is 0. The molecule has 1 atom stereocenters. The van der Waals surface area contributed by atoms with Gasteiger partial charge in [-0.25, -0.2) is 0 Å². The van der Waals surface area contributed by atoms with Gasteiger partial charge in [-0.05, 0) is 20.8 Å². The predicted molar refractivity (Wildman–Crippen MR) is 68.8 cm³/mol. The first-order chi connectivity index (χ1) is 7.44. The van der Waals surface area contributed by atoms with Gasteiger partial charge >= 0.3 is 5.97 Å². The molecule has 1 aliphatic rings. The lowest BCUT2D eigenvalue weighted by molar-refractivity contribution is -0.148. The smallest absolute Gasteiger partial charge is 0.309 e. The number of carbonyl (C=O) groups excluding carboxylic acids is 1. The van der Waals surface area contributed by atoms with Crippen LogP contribution in [0.15, 0.2) is 0 Å². The van der Waals surface area contributed by atoms with Gasteiger partial charge in [-0.1, -0.05) is 6.92 Å². The maximum Gasteiger partial charge on any atom is 0.309 e. The second kappa shape index (κ2) is 5.92. The summed E-state index contributed by atoms with van der Waals surface area (Å²) in [5.74, 6) is 1.07. The van der Waals surface area contributed by atoms with E-state index in [-0.39, 0.29) is 11.9 Å². The average Bonchev–Trinajstić information content (AvgIpc) is 2.16. The maximum absolute atomic E-state index is 11.5. The quantitative estimate of drug-likeness (QED) is 0.709. The van der Waals surface area contributed by atoms with E-state index in [1.54, 1.807) is 0 Å². The molecule has 0 aromatic heterocycles. The van der Waals surface area contributed by atoms with Gasteiger partial charge in [0.05, 0.1) is 12.5 Å². The third-order valence-electron chi connectivity index (χ3n) is 2.73. The first-order valence-electron chi connectivity index (χ1n) is 5.97. The molecular formula is C12H23NO2S. The summed E-state index contributed by atoms with van der Waals surface area (Å²) < 4.78 is 5.34. The molecule has 1 aliphatic heterocycles. The van der Waals surface area contributed by atoms with Crippen LogP contribution < -0.4 is 0 Å². The van der Waals surface area contributed by atoms with Gasteiger partial charge in [0.2, 0.25) is 0 Å². The van der Waals surface area contributed by atoms with Gasteiger partial charge in [0.25, 0.3) is 0 Å². The molecule has 4 heteroatoms. The van der Waals surface area contributed by atoms with Crippen LogP contribution in [0.25, 0.3) is 0 Å². The Morgan fingerprint density at radius 1 is 1.56 bits per heavy atom. The molecule has 0 saturated carbocycles. The molecule has 0 N–H and O–H groups in total. The lowest BCUT2D eigenvalue weighted by Crippen LogP contribution is -2.45. The van der Waals surface area contributed by atoms with E-state index < -0.39 is 0 Å². The van der Waals surface area contributed by atoms with Crippen LogP contribution >= 0.6 is 11.8 Å². The van der Waals surface area contributed by atoms with Crippen molar-refractivity contribution in [1.82, 2.24) is 4.90 Å². The van der Waals surface area contributed by atoms with E-state index in [0.717, 1.165) is 25.4 Å². The molecule has 0 aromatic carbocycles. The molecule has 94 valence electrons. The monoisotopic (exact) mass is 245 g/mol. The predicted octanol–water partition coefficient (Wildman–Crippen LogP) is 2.01. The first kappa shape index (κ1) is 13.8. The average molecular weight is 245 g/mol. The molecule has 0 amide bonds. The van der Waals surface area contributed by atoms with Crippen molar-refractivity contribution >= 4 is 17.7 Å². The molecular weight excluding hydrogens is 222 g/mol. The summed E-state index contributed by atoms with van der Waals surface area (Å²) >= 11 is 2.01. The summed E-state index contributed by atoms with van der Waals surface area (Å²) in [6.45, 7) is 11.8. The zero-order chi connectivity index (χ0) is 12.2. The zero-order valence-electron chi connectivity index (χ0n) is 10.8. The zero-order valence-corrected chi connectivity index (χ0v) is 11.6. The number of ether oxygens (including phenoxy) is 1. The highest BCUT2D eigenvalue weighted by atomic mass is 32.2. The topological polar surface area (TPSA) is 29.5 Å². The maximum atomic E-state index is 11.5. The summed E-state index contributed by atoms with van der Waals surface area (Å²) in [4.78, 5) is 13.9. The van der Waals surface area contributed by atoms with Gasteiger partial charge in [-0.3, -0.25) is 4.79 Å². The summed E-state index contributed by atoms with van der Waals surface area (Å²) in [5.41, 5.74) is 0. The highest BCUT2D eigenvalue weighted by molar-refractivity contribution is 8.00. The van der Waals surface area contributed by atoms with Crippen LogP contribution in [-0.4, -0.2) is 47.6 Å². The fourth-order valence-corrected chi connectivity index (χ4v) is 3.19. The number of hydrogen-bond acceptors (Lipinski definition) is 4. The van der Waals surface area contributed by atoms with Crippen LogP contribution in [0.5, 0.6) is 0 Å². The van der Waals surface area contributed by atoms with E-state index in [4.69, 9.17) is 4.74 Å². The number of esters is 1. The second-order valence-corrected chi connectivity index (χ2v) is 6.80. The molecule has 0 aromatic rings. The standard InChI is InChI=1S/C12H23NO2S/c1-5-15-11(14)10(2)8-13-6-7-16-12(3,4)9-13/h10H,5-9H2,1-4H3. The Morgan fingerprint density at radius 3 is 2.81 bits per heavy atom. The number of thioether (sulfide) groups is 1. The fraction of sp³-hybridized carbons (Fsp3) is 0.917. The van der Waals surface area contributed by atoms with Crippen molar-refractivity contribution in [2.75, 3.05) is 32.0 Å². The van der Waals surface area contributed by atoms with Crippen LogP contribution in [0, 0.1) is 5.92 Å². The Balaban J connectivity index is 2.39. The normalized spacial score (nSPS) is 22.8. The number of carbonyl (C=O) groups is 1. The van der Waals surface area contributed by atoms with Crippen molar-refractivity contribution in [3.8, 4) is 0 Å².